The van der Waals surface area contributed by atoms with Gasteiger partial charge in [0.05, 0.1) is 28.8 Å². The molecular formula is C27H25FN2O5. The molecular weight excluding hydrogens is 451 g/mol. The van der Waals surface area contributed by atoms with Crippen molar-refractivity contribution in [3.63, 3.8) is 0 Å². The molecule has 0 saturated carbocycles. The van der Waals surface area contributed by atoms with Crippen LogP contribution in [0.5, 0.6) is 0 Å². The summed E-state index contributed by atoms with van der Waals surface area (Å²) >= 11 is 0. The fourth-order valence-corrected chi connectivity index (χ4v) is 4.20. The minimum atomic E-state index is -1.19. The second-order valence-corrected chi connectivity index (χ2v) is 8.66. The van der Waals surface area contributed by atoms with E-state index in [9.17, 15) is 29.0 Å². The first-order valence-electron chi connectivity index (χ1n) is 11.3. The number of fused-ring (bicyclic) bond motifs is 1. The molecule has 0 bridgehead atoms. The molecule has 0 saturated heterocycles. The number of carboxylic acid groups (broad SMARTS) is 1. The van der Waals surface area contributed by atoms with Gasteiger partial charge >= 0.3 is 5.97 Å². The number of halogens is 1. The zero-order valence-electron chi connectivity index (χ0n) is 19.1. The number of imide groups is 1. The fourth-order valence-electron chi connectivity index (χ4n) is 4.20. The molecule has 3 aromatic rings. The number of carbonyl (C=O) groups is 3. The van der Waals surface area contributed by atoms with Gasteiger partial charge in [-0.25, -0.2) is 4.39 Å². The van der Waals surface area contributed by atoms with E-state index in [2.05, 4.69) is 4.98 Å². The standard InChI is InChI=1S/C27H25FN2O5/c1-16-6-9-18(14-22(16)28)23-10-7-17(15-29-23)8-11-24(31)21(27(34)35)12-13-30-25(32)19-4-2-3-5-20(19)26(30)33/h2-7,9-10,14-15,21,24,31H,8,11-13H2,1H3,(H,34,35)/t21-,24+/m0/s1. The minimum Gasteiger partial charge on any atom is -0.481 e. The lowest BCUT2D eigenvalue weighted by Crippen LogP contribution is -2.36. The molecule has 7 nitrogen and oxygen atoms in total. The molecule has 1 aliphatic heterocycles. The molecule has 180 valence electrons. The predicted octanol–water partition coefficient (Wildman–Crippen LogP) is 3.88. The third-order valence-electron chi connectivity index (χ3n) is 6.34. The molecule has 0 spiro atoms. The van der Waals surface area contributed by atoms with Gasteiger partial charge in [-0.3, -0.25) is 24.3 Å². The molecule has 2 amide bonds. The molecule has 1 aromatic heterocycles. The molecule has 0 aliphatic carbocycles. The molecule has 2 atom stereocenters. The number of amides is 2. The van der Waals surface area contributed by atoms with Crippen LogP contribution in [0.3, 0.4) is 0 Å². The monoisotopic (exact) mass is 476 g/mol. The van der Waals surface area contributed by atoms with Gasteiger partial charge in [0.1, 0.15) is 5.82 Å². The Hall–Kier alpha value is -3.91. The first kappa shape index (κ1) is 24.2. The molecule has 0 fully saturated rings. The predicted molar refractivity (Wildman–Crippen MR) is 126 cm³/mol. The Morgan fingerprint density at radius 1 is 1.03 bits per heavy atom. The summed E-state index contributed by atoms with van der Waals surface area (Å²) in [4.78, 5) is 42.2. The van der Waals surface area contributed by atoms with Crippen LogP contribution < -0.4 is 0 Å². The highest BCUT2D eigenvalue weighted by molar-refractivity contribution is 6.21. The number of hydrogen-bond acceptors (Lipinski definition) is 5. The highest BCUT2D eigenvalue weighted by atomic mass is 19.1. The summed E-state index contributed by atoms with van der Waals surface area (Å²) < 4.78 is 13.8. The van der Waals surface area contributed by atoms with Gasteiger partial charge in [0.2, 0.25) is 0 Å². The summed E-state index contributed by atoms with van der Waals surface area (Å²) in [5.74, 6) is -3.55. The Kier molecular flexibility index (Phi) is 7.02. The number of nitrogens with zero attached hydrogens (tertiary/aromatic N) is 2. The number of carbonyl (C=O) groups excluding carboxylic acids is 2. The molecule has 4 rings (SSSR count). The lowest BCUT2D eigenvalue weighted by Gasteiger charge is -2.22. The molecule has 1 aliphatic rings. The van der Waals surface area contributed by atoms with Crippen LogP contribution in [0.2, 0.25) is 0 Å². The topological polar surface area (TPSA) is 108 Å². The van der Waals surface area contributed by atoms with E-state index in [1.54, 1.807) is 61.7 Å². The number of hydrogen-bond donors (Lipinski definition) is 2. The molecule has 35 heavy (non-hydrogen) atoms. The third kappa shape index (κ3) is 5.12. The average Bonchev–Trinajstić information content (AvgIpc) is 3.09. The molecule has 0 radical (unpaired) electrons. The minimum absolute atomic E-state index is 0.0574. The number of benzene rings is 2. The van der Waals surface area contributed by atoms with Crippen LogP contribution in [0.4, 0.5) is 4.39 Å². The van der Waals surface area contributed by atoms with Crippen molar-refractivity contribution in [1.29, 1.82) is 0 Å². The van der Waals surface area contributed by atoms with E-state index in [0.29, 0.717) is 34.4 Å². The van der Waals surface area contributed by atoms with Crippen molar-refractivity contribution in [3.8, 4) is 11.3 Å². The van der Waals surface area contributed by atoms with Gasteiger partial charge in [-0.15, -0.1) is 0 Å². The van der Waals surface area contributed by atoms with Crippen molar-refractivity contribution < 1.29 is 29.0 Å². The van der Waals surface area contributed by atoms with Crippen molar-refractivity contribution in [1.82, 2.24) is 9.88 Å². The molecule has 2 N–H and O–H groups in total. The van der Waals surface area contributed by atoms with Crippen molar-refractivity contribution in [2.75, 3.05) is 6.54 Å². The summed E-state index contributed by atoms with van der Waals surface area (Å²) in [7, 11) is 0. The number of aromatic nitrogens is 1. The second kappa shape index (κ2) is 10.1. The van der Waals surface area contributed by atoms with Gasteiger partial charge in [-0.05, 0) is 61.6 Å². The zero-order valence-corrected chi connectivity index (χ0v) is 19.1. The second-order valence-electron chi connectivity index (χ2n) is 8.66. The summed E-state index contributed by atoms with van der Waals surface area (Å²) in [6, 6.07) is 14.9. The van der Waals surface area contributed by atoms with Crippen molar-refractivity contribution in [2.24, 2.45) is 5.92 Å². The highest BCUT2D eigenvalue weighted by Crippen LogP contribution is 2.25. The average molecular weight is 477 g/mol. The van der Waals surface area contributed by atoms with Crippen molar-refractivity contribution >= 4 is 17.8 Å². The van der Waals surface area contributed by atoms with E-state index in [4.69, 9.17) is 0 Å². The number of aliphatic hydroxyl groups excluding tert-OH is 1. The van der Waals surface area contributed by atoms with E-state index in [1.807, 2.05) is 0 Å². The first-order chi connectivity index (χ1) is 16.8. The van der Waals surface area contributed by atoms with Gasteiger partial charge in [-0.2, -0.15) is 0 Å². The lowest BCUT2D eigenvalue weighted by atomic mass is 9.93. The van der Waals surface area contributed by atoms with Crippen molar-refractivity contribution in [3.05, 3.63) is 88.9 Å². The van der Waals surface area contributed by atoms with E-state index < -0.39 is 29.8 Å². The summed E-state index contributed by atoms with van der Waals surface area (Å²) in [5, 5.41) is 20.2. The van der Waals surface area contributed by atoms with Crippen LogP contribution in [0.25, 0.3) is 11.3 Å². The van der Waals surface area contributed by atoms with E-state index in [1.165, 1.54) is 6.07 Å². The maximum Gasteiger partial charge on any atom is 0.309 e. The van der Waals surface area contributed by atoms with Crippen LogP contribution in [-0.2, 0) is 11.2 Å². The van der Waals surface area contributed by atoms with E-state index in [-0.39, 0.29) is 25.2 Å². The largest absolute Gasteiger partial charge is 0.481 e. The van der Waals surface area contributed by atoms with Gasteiger partial charge in [0.25, 0.3) is 11.8 Å². The number of pyridine rings is 1. The number of aryl methyl sites for hydroxylation is 2. The number of aliphatic hydroxyl groups is 1. The number of aliphatic carboxylic acids is 1. The Morgan fingerprint density at radius 2 is 1.71 bits per heavy atom. The van der Waals surface area contributed by atoms with Gasteiger partial charge in [0, 0.05) is 18.3 Å². The summed E-state index contributed by atoms with van der Waals surface area (Å²) in [6.45, 7) is 1.59. The van der Waals surface area contributed by atoms with Crippen LogP contribution >= 0.6 is 0 Å². The smallest absolute Gasteiger partial charge is 0.309 e. The lowest BCUT2D eigenvalue weighted by molar-refractivity contribution is -0.146. The summed E-state index contributed by atoms with van der Waals surface area (Å²) in [5.41, 5.74) is 3.21. The van der Waals surface area contributed by atoms with Gasteiger partial charge < -0.3 is 10.2 Å². The maximum atomic E-state index is 13.8. The van der Waals surface area contributed by atoms with Gasteiger partial charge in [-0.1, -0.05) is 30.3 Å². The quantitative estimate of drug-likeness (QED) is 0.454. The zero-order chi connectivity index (χ0) is 25.1. The normalized spacial score (nSPS) is 14.7. The van der Waals surface area contributed by atoms with Crippen LogP contribution in [0.1, 0.15) is 44.7 Å². The summed E-state index contributed by atoms with van der Waals surface area (Å²) in [6.07, 6.45) is 0.938. The van der Waals surface area contributed by atoms with Crippen LogP contribution in [0, 0.1) is 18.7 Å². The Balaban J connectivity index is 1.35. The molecule has 0 unspecified atom stereocenters. The maximum absolute atomic E-state index is 13.8. The van der Waals surface area contributed by atoms with Gasteiger partial charge in [0.15, 0.2) is 0 Å². The Bertz CT molecular complexity index is 1240. The van der Waals surface area contributed by atoms with E-state index >= 15 is 0 Å². The molecule has 8 heteroatoms. The van der Waals surface area contributed by atoms with Crippen LogP contribution in [-0.4, -0.2) is 50.5 Å². The molecule has 2 aromatic carbocycles. The Morgan fingerprint density at radius 3 is 2.29 bits per heavy atom. The molecule has 2 heterocycles. The third-order valence-corrected chi connectivity index (χ3v) is 6.34. The first-order valence-corrected chi connectivity index (χ1v) is 11.3. The highest BCUT2D eigenvalue weighted by Gasteiger charge is 2.36. The number of carboxylic acids is 1. The van der Waals surface area contributed by atoms with E-state index in [0.717, 1.165) is 10.5 Å². The Labute approximate surface area is 201 Å². The van der Waals surface area contributed by atoms with Crippen LogP contribution in [0.15, 0.2) is 60.8 Å². The SMILES string of the molecule is Cc1ccc(-c2ccc(CC[C@@H](O)[C@H](CCN3C(=O)c4ccccc4C3=O)C(=O)O)cn2)cc1F. The fraction of sp³-hybridized carbons (Fsp3) is 0.259. The van der Waals surface area contributed by atoms with Crippen molar-refractivity contribution in [2.45, 2.75) is 32.3 Å². The number of rotatable bonds is 9.